The summed E-state index contributed by atoms with van der Waals surface area (Å²) >= 11 is 0. The quantitative estimate of drug-likeness (QED) is 0.547. The Balaban J connectivity index is 2.62. The maximum atomic E-state index is 8.71. The third kappa shape index (κ3) is 1.30. The minimum absolute atomic E-state index is 0.0567. The van der Waals surface area contributed by atoms with Crippen molar-refractivity contribution in [2.75, 3.05) is 6.54 Å². The minimum Gasteiger partial charge on any atom is -0.301 e. The van der Waals surface area contributed by atoms with Crippen LogP contribution in [0.4, 0.5) is 0 Å². The number of nitrogens with zero attached hydrogens (tertiary/aromatic N) is 1. The highest BCUT2D eigenvalue weighted by atomic mass is 14.9. The molecule has 0 aliphatic carbocycles. The van der Waals surface area contributed by atoms with Crippen LogP contribution in [-0.2, 0) is 0 Å². The highest BCUT2D eigenvalue weighted by Gasteiger charge is 2.31. The van der Waals surface area contributed by atoms with E-state index >= 15 is 0 Å². The van der Waals surface area contributed by atoms with E-state index in [0.717, 1.165) is 13.0 Å². The third-order valence-electron chi connectivity index (χ3n) is 2.26. The summed E-state index contributed by atoms with van der Waals surface area (Å²) in [5.41, 5.74) is 0.174. The normalized spacial score (nSPS) is 31.1. The Kier molecular flexibility index (Phi) is 1.96. The van der Waals surface area contributed by atoms with Crippen LogP contribution < -0.4 is 5.32 Å². The van der Waals surface area contributed by atoms with Gasteiger partial charge in [0.25, 0.3) is 0 Å². The molecule has 1 aliphatic heterocycles. The van der Waals surface area contributed by atoms with Crippen LogP contribution in [0.2, 0.25) is 0 Å². The number of hydrogen-bond acceptors (Lipinski definition) is 2. The summed E-state index contributed by atoms with van der Waals surface area (Å²) in [7, 11) is 0. The van der Waals surface area contributed by atoms with Crippen LogP contribution in [0.15, 0.2) is 0 Å². The second-order valence-corrected chi connectivity index (χ2v) is 3.61. The summed E-state index contributed by atoms with van der Waals surface area (Å²) in [4.78, 5) is 0. The molecule has 2 heteroatoms. The van der Waals surface area contributed by atoms with Crippen LogP contribution in [0, 0.1) is 16.7 Å². The van der Waals surface area contributed by atoms with E-state index in [9.17, 15) is 0 Å². The predicted octanol–water partition coefficient (Wildman–Crippen LogP) is 1.29. The average Bonchev–Trinajstić information content (AvgIpc) is 1.87. The van der Waals surface area contributed by atoms with Gasteiger partial charge in [0.1, 0.15) is 6.04 Å². The second-order valence-electron chi connectivity index (χ2n) is 3.61. The first kappa shape index (κ1) is 7.56. The van der Waals surface area contributed by atoms with Gasteiger partial charge in [-0.25, -0.2) is 0 Å². The molecule has 1 saturated heterocycles. The van der Waals surface area contributed by atoms with E-state index in [2.05, 4.69) is 25.2 Å². The van der Waals surface area contributed by atoms with E-state index in [1.807, 2.05) is 0 Å². The van der Waals surface area contributed by atoms with Crippen LogP contribution in [0.5, 0.6) is 0 Å². The zero-order valence-corrected chi connectivity index (χ0v) is 6.65. The Morgan fingerprint density at radius 3 is 2.70 bits per heavy atom. The molecular formula is C8H14N2. The molecule has 1 aliphatic rings. The fourth-order valence-corrected chi connectivity index (χ4v) is 1.43. The molecule has 1 heterocycles. The van der Waals surface area contributed by atoms with Crippen molar-refractivity contribution < 1.29 is 0 Å². The molecule has 0 unspecified atom stereocenters. The van der Waals surface area contributed by atoms with Crippen LogP contribution in [0.25, 0.3) is 0 Å². The first-order valence-corrected chi connectivity index (χ1v) is 3.80. The van der Waals surface area contributed by atoms with Crippen LogP contribution in [0.1, 0.15) is 26.7 Å². The van der Waals surface area contributed by atoms with Gasteiger partial charge in [-0.05, 0) is 24.8 Å². The maximum absolute atomic E-state index is 8.71. The van der Waals surface area contributed by atoms with E-state index in [1.165, 1.54) is 6.42 Å². The fraction of sp³-hybridized carbons (Fsp3) is 0.875. The molecule has 1 N–H and O–H groups in total. The lowest BCUT2D eigenvalue weighted by Gasteiger charge is -2.34. The Morgan fingerprint density at radius 2 is 2.30 bits per heavy atom. The lowest BCUT2D eigenvalue weighted by molar-refractivity contribution is 0.219. The lowest BCUT2D eigenvalue weighted by atomic mass is 9.78. The predicted molar refractivity (Wildman–Crippen MR) is 40.4 cm³/mol. The van der Waals surface area contributed by atoms with Gasteiger partial charge in [0.2, 0.25) is 0 Å². The summed E-state index contributed by atoms with van der Waals surface area (Å²) < 4.78 is 0. The fourth-order valence-electron chi connectivity index (χ4n) is 1.43. The summed E-state index contributed by atoms with van der Waals surface area (Å²) in [6, 6.07) is 2.34. The molecule has 2 nitrogen and oxygen atoms in total. The third-order valence-corrected chi connectivity index (χ3v) is 2.26. The smallest absolute Gasteiger partial charge is 0.100 e. The molecular weight excluding hydrogens is 124 g/mol. The van der Waals surface area contributed by atoms with Gasteiger partial charge in [-0.1, -0.05) is 13.8 Å². The van der Waals surface area contributed by atoms with E-state index < -0.39 is 0 Å². The monoisotopic (exact) mass is 138 g/mol. The van der Waals surface area contributed by atoms with Gasteiger partial charge < -0.3 is 5.32 Å². The first-order valence-electron chi connectivity index (χ1n) is 3.80. The van der Waals surface area contributed by atoms with Crippen molar-refractivity contribution in [1.29, 1.82) is 5.26 Å². The zero-order valence-electron chi connectivity index (χ0n) is 6.65. The Labute approximate surface area is 62.2 Å². The zero-order chi connectivity index (χ0) is 7.61. The summed E-state index contributed by atoms with van der Waals surface area (Å²) in [6.45, 7) is 5.29. The Hall–Kier alpha value is -0.550. The van der Waals surface area contributed by atoms with Gasteiger partial charge in [0, 0.05) is 0 Å². The molecule has 56 valence electrons. The topological polar surface area (TPSA) is 35.8 Å². The maximum Gasteiger partial charge on any atom is 0.100 e. The minimum atomic E-state index is 0.0567. The lowest BCUT2D eigenvalue weighted by Crippen LogP contribution is -2.45. The molecule has 0 amide bonds. The van der Waals surface area contributed by atoms with Crippen molar-refractivity contribution in [2.45, 2.75) is 32.7 Å². The SMILES string of the molecule is CC1(C)CCCN[C@H]1C#N. The van der Waals surface area contributed by atoms with Crippen molar-refractivity contribution in [1.82, 2.24) is 5.32 Å². The number of rotatable bonds is 0. The van der Waals surface area contributed by atoms with Gasteiger partial charge in [-0.3, -0.25) is 0 Å². The Bertz CT molecular complexity index is 155. The summed E-state index contributed by atoms with van der Waals surface area (Å²) in [5.74, 6) is 0. The van der Waals surface area contributed by atoms with E-state index in [4.69, 9.17) is 5.26 Å². The van der Waals surface area contributed by atoms with Gasteiger partial charge in [0.15, 0.2) is 0 Å². The van der Waals surface area contributed by atoms with Crippen LogP contribution in [0.3, 0.4) is 0 Å². The van der Waals surface area contributed by atoms with Crippen molar-refractivity contribution >= 4 is 0 Å². The molecule has 0 aromatic heterocycles. The molecule has 0 bridgehead atoms. The largest absolute Gasteiger partial charge is 0.301 e. The van der Waals surface area contributed by atoms with Crippen LogP contribution in [-0.4, -0.2) is 12.6 Å². The van der Waals surface area contributed by atoms with Crippen molar-refractivity contribution in [3.8, 4) is 6.07 Å². The molecule has 0 radical (unpaired) electrons. The highest BCUT2D eigenvalue weighted by Crippen LogP contribution is 2.29. The summed E-state index contributed by atoms with van der Waals surface area (Å²) in [5, 5.41) is 11.9. The summed E-state index contributed by atoms with van der Waals surface area (Å²) in [6.07, 6.45) is 2.36. The average molecular weight is 138 g/mol. The van der Waals surface area contributed by atoms with Gasteiger partial charge in [-0.2, -0.15) is 5.26 Å². The number of hydrogen-bond donors (Lipinski definition) is 1. The number of nitriles is 1. The Morgan fingerprint density at radius 1 is 1.60 bits per heavy atom. The highest BCUT2D eigenvalue weighted by molar-refractivity contribution is 5.01. The van der Waals surface area contributed by atoms with Crippen molar-refractivity contribution in [3.05, 3.63) is 0 Å². The molecule has 0 spiro atoms. The van der Waals surface area contributed by atoms with E-state index in [-0.39, 0.29) is 11.5 Å². The van der Waals surface area contributed by atoms with Gasteiger partial charge >= 0.3 is 0 Å². The molecule has 10 heavy (non-hydrogen) atoms. The molecule has 1 atom stereocenters. The second kappa shape index (κ2) is 2.59. The number of piperidine rings is 1. The van der Waals surface area contributed by atoms with E-state index in [0.29, 0.717) is 0 Å². The molecule has 1 fully saturated rings. The molecule has 0 aromatic carbocycles. The first-order chi connectivity index (χ1) is 4.67. The van der Waals surface area contributed by atoms with Gasteiger partial charge in [0.05, 0.1) is 6.07 Å². The molecule has 1 rings (SSSR count). The van der Waals surface area contributed by atoms with Gasteiger partial charge in [-0.15, -0.1) is 0 Å². The number of nitrogens with one attached hydrogen (secondary N) is 1. The standard InChI is InChI=1S/C8H14N2/c1-8(2)4-3-5-10-7(8)6-9/h7,10H,3-5H2,1-2H3/t7-/m0/s1. The van der Waals surface area contributed by atoms with Crippen LogP contribution >= 0.6 is 0 Å². The molecule has 0 aromatic rings. The van der Waals surface area contributed by atoms with Crippen molar-refractivity contribution in [3.63, 3.8) is 0 Å². The molecule has 0 saturated carbocycles. The van der Waals surface area contributed by atoms with E-state index in [1.54, 1.807) is 0 Å². The van der Waals surface area contributed by atoms with Crippen molar-refractivity contribution in [2.24, 2.45) is 5.41 Å².